The van der Waals surface area contributed by atoms with Crippen molar-refractivity contribution in [2.45, 2.75) is 49.1 Å². The first-order chi connectivity index (χ1) is 21.9. The zero-order valence-corrected chi connectivity index (χ0v) is 25.4. The molecule has 0 bridgehead atoms. The second kappa shape index (κ2) is 12.6. The molecule has 23 nitrogen and oxygen atoms in total. The van der Waals surface area contributed by atoms with Crippen molar-refractivity contribution in [2.24, 2.45) is 0 Å². The maximum Gasteiger partial charge on any atom is 0.472 e. The number of hydrogen-bond acceptors (Lipinski definition) is 18. The molecule has 0 saturated carbocycles. The van der Waals surface area contributed by atoms with Crippen LogP contribution in [0.2, 0.25) is 0 Å². The minimum atomic E-state index is -5.08. The number of ether oxygens (including phenoxy) is 3. The molecule has 0 amide bonds. The van der Waals surface area contributed by atoms with Gasteiger partial charge in [0.05, 0.1) is 25.9 Å². The first-order valence-corrected chi connectivity index (χ1v) is 16.0. The minimum Gasteiger partial charge on any atom is -0.387 e. The van der Waals surface area contributed by atoms with Gasteiger partial charge in [-0.1, -0.05) is 0 Å². The van der Waals surface area contributed by atoms with Crippen molar-refractivity contribution < 1.29 is 56.9 Å². The summed E-state index contributed by atoms with van der Waals surface area (Å²) in [4.78, 5) is 54.6. The molecular weight excluding hydrogens is 662 g/mol. The van der Waals surface area contributed by atoms with E-state index in [1.165, 1.54) is 28.9 Å². The zero-order chi connectivity index (χ0) is 32.9. The smallest absolute Gasteiger partial charge is 0.387 e. The van der Waals surface area contributed by atoms with Gasteiger partial charge in [0.15, 0.2) is 35.1 Å². The standard InChI is InChI=1S/C21H28N10O13P2/c1-39-13-8(2-40-45(35)36)43-20(31-6-27-10-17(31)28-21(23)29-18(10)34)14(13)44-46(37,38)41-3-7-11(32)12(33)19(42-7)30-5-26-9-15(22)24-4-25-16(9)30/h4-8,11-14,19-20,32-33,45H,2-3H2,1H3,(H,35,36)(H,37,38)(H2,22,24,25)(H3,23,28,29,34)/t7-,8-,11-,12-,13-,14-,19-,20-/m1/s1. The van der Waals surface area contributed by atoms with E-state index in [2.05, 4.69) is 29.9 Å². The normalized spacial score (nSPS) is 30.3. The Kier molecular flexibility index (Phi) is 8.93. The maximum absolute atomic E-state index is 13.3. The number of methoxy groups -OCH3 is 1. The highest BCUT2D eigenvalue weighted by atomic mass is 31.2. The van der Waals surface area contributed by atoms with Crippen LogP contribution in [0.3, 0.4) is 0 Å². The molecule has 4 aromatic heterocycles. The van der Waals surface area contributed by atoms with Crippen molar-refractivity contribution in [3.63, 3.8) is 0 Å². The second-order valence-electron chi connectivity index (χ2n) is 10.1. The van der Waals surface area contributed by atoms with Gasteiger partial charge in [-0.2, -0.15) is 4.98 Å². The van der Waals surface area contributed by atoms with Gasteiger partial charge in [-0.25, -0.2) is 24.5 Å². The number of imidazole rings is 2. The first kappa shape index (κ1) is 32.5. The van der Waals surface area contributed by atoms with E-state index in [1.54, 1.807) is 0 Å². The highest BCUT2D eigenvalue weighted by Gasteiger charge is 2.52. The lowest BCUT2D eigenvalue weighted by Gasteiger charge is -2.26. The van der Waals surface area contributed by atoms with E-state index < -0.39 is 83.9 Å². The molecular formula is C21H28N10O13P2. The number of rotatable bonds is 11. The highest BCUT2D eigenvalue weighted by Crippen LogP contribution is 2.50. The topological polar surface area (TPSA) is 330 Å². The molecule has 9 N–H and O–H groups in total. The number of nitrogens with two attached hydrogens (primary N) is 2. The molecule has 2 aliphatic heterocycles. The monoisotopic (exact) mass is 690 g/mol. The molecule has 2 saturated heterocycles. The summed E-state index contributed by atoms with van der Waals surface area (Å²) >= 11 is 0. The SMILES string of the molecule is CO[C@H]1[C@@H](OP(=O)(O)OC[C@H]2O[C@@H](n3cnc4c(N)ncnc43)[C@H](O)[C@@H]2O)[C@H](n2cnc3c(=O)[nH]c(N)nc32)O[C@@H]1CO[PH](=O)O. The summed E-state index contributed by atoms with van der Waals surface area (Å²) in [5.74, 6) is -0.184. The van der Waals surface area contributed by atoms with Crippen LogP contribution in [-0.2, 0) is 36.9 Å². The van der Waals surface area contributed by atoms with Crippen molar-refractivity contribution in [1.82, 2.24) is 39.0 Å². The summed E-state index contributed by atoms with van der Waals surface area (Å²) in [6.45, 7) is -1.24. The number of anilines is 2. The van der Waals surface area contributed by atoms with E-state index in [1.807, 2.05) is 0 Å². The van der Waals surface area contributed by atoms with E-state index in [0.717, 1.165) is 6.33 Å². The Balaban J connectivity index is 1.22. The number of fused-ring (bicyclic) bond motifs is 2. The molecule has 46 heavy (non-hydrogen) atoms. The lowest BCUT2D eigenvalue weighted by molar-refractivity contribution is -0.0612. The van der Waals surface area contributed by atoms with Gasteiger partial charge in [-0.05, 0) is 0 Å². The van der Waals surface area contributed by atoms with Gasteiger partial charge >= 0.3 is 16.1 Å². The predicted molar refractivity (Wildman–Crippen MR) is 151 cm³/mol. The zero-order valence-electron chi connectivity index (χ0n) is 23.5. The molecule has 250 valence electrons. The number of phosphoric acid groups is 1. The number of hydrogen-bond donors (Lipinski definition) is 7. The fourth-order valence-corrected chi connectivity index (χ4v) is 6.49. The van der Waals surface area contributed by atoms with Crippen LogP contribution < -0.4 is 17.0 Å². The highest BCUT2D eigenvalue weighted by molar-refractivity contribution is 7.47. The second-order valence-corrected chi connectivity index (χ2v) is 12.3. The average Bonchev–Trinajstić information content (AvgIpc) is 3.76. The number of nitrogens with zero attached hydrogens (tertiary/aromatic N) is 7. The van der Waals surface area contributed by atoms with E-state index in [9.17, 15) is 33.9 Å². The summed E-state index contributed by atoms with van der Waals surface area (Å²) in [7, 11) is -7.27. The number of phosphoric ester groups is 1. The van der Waals surface area contributed by atoms with Gasteiger partial charge in [0, 0.05) is 7.11 Å². The lowest BCUT2D eigenvalue weighted by Crippen LogP contribution is -2.37. The number of nitrogen functional groups attached to an aromatic ring is 2. The summed E-state index contributed by atoms with van der Waals surface area (Å²) in [5.41, 5.74) is 11.0. The Morgan fingerprint density at radius 2 is 1.70 bits per heavy atom. The van der Waals surface area contributed by atoms with Crippen LogP contribution in [0.4, 0.5) is 11.8 Å². The largest absolute Gasteiger partial charge is 0.472 e. The van der Waals surface area contributed by atoms with Crippen LogP contribution in [0.5, 0.6) is 0 Å². The van der Waals surface area contributed by atoms with E-state index in [4.69, 9.17) is 39.2 Å². The molecule has 25 heteroatoms. The molecule has 2 fully saturated rings. The quantitative estimate of drug-likeness (QED) is 0.0803. The number of aliphatic hydroxyl groups is 2. The Morgan fingerprint density at radius 3 is 2.41 bits per heavy atom. The van der Waals surface area contributed by atoms with E-state index in [-0.39, 0.29) is 34.1 Å². The Labute approximate surface area is 256 Å². The molecule has 6 rings (SSSR count). The predicted octanol–water partition coefficient (Wildman–Crippen LogP) is -2.44. The third-order valence-corrected chi connectivity index (χ3v) is 8.71. The van der Waals surface area contributed by atoms with Crippen LogP contribution >= 0.6 is 16.1 Å². The molecule has 0 aromatic carbocycles. The van der Waals surface area contributed by atoms with Gasteiger partial charge in [0.2, 0.25) is 5.95 Å². The summed E-state index contributed by atoms with van der Waals surface area (Å²) in [5, 5.41) is 21.3. The summed E-state index contributed by atoms with van der Waals surface area (Å²) in [6, 6.07) is 0. The van der Waals surface area contributed by atoms with Crippen molar-refractivity contribution in [3.05, 3.63) is 29.3 Å². The maximum atomic E-state index is 13.3. The third kappa shape index (κ3) is 6.03. The van der Waals surface area contributed by atoms with Crippen molar-refractivity contribution in [1.29, 1.82) is 0 Å². The van der Waals surface area contributed by atoms with Crippen LogP contribution in [0.15, 0.2) is 23.8 Å². The average molecular weight is 690 g/mol. The van der Waals surface area contributed by atoms with Crippen LogP contribution in [0.1, 0.15) is 12.5 Å². The number of H-pyrrole nitrogens is 1. The Morgan fingerprint density at radius 1 is 1.00 bits per heavy atom. The van der Waals surface area contributed by atoms with Crippen molar-refractivity contribution >= 4 is 50.2 Å². The third-order valence-electron chi connectivity index (χ3n) is 7.31. The Hall–Kier alpha value is -3.44. The number of aliphatic hydroxyl groups excluding tert-OH is 2. The van der Waals surface area contributed by atoms with Gasteiger partial charge in [-0.3, -0.25) is 32.5 Å². The van der Waals surface area contributed by atoms with Gasteiger partial charge < -0.3 is 50.2 Å². The molecule has 2 aliphatic rings. The molecule has 0 spiro atoms. The molecule has 2 unspecified atom stereocenters. The van der Waals surface area contributed by atoms with Crippen LogP contribution in [-0.4, -0.2) is 116 Å². The molecule has 10 atom stereocenters. The number of nitrogens with one attached hydrogen (secondary N) is 1. The van der Waals surface area contributed by atoms with Crippen molar-refractivity contribution in [2.75, 3.05) is 31.8 Å². The molecule has 0 radical (unpaired) electrons. The van der Waals surface area contributed by atoms with Crippen LogP contribution in [0, 0.1) is 0 Å². The van der Waals surface area contributed by atoms with Gasteiger partial charge in [0.1, 0.15) is 48.5 Å². The number of aromatic nitrogens is 8. The van der Waals surface area contributed by atoms with E-state index >= 15 is 0 Å². The fraction of sp³-hybridized carbons (Fsp3) is 0.524. The molecule has 6 heterocycles. The summed E-state index contributed by atoms with van der Waals surface area (Å²) in [6.07, 6.45) is -7.35. The fourth-order valence-electron chi connectivity index (χ4n) is 5.25. The Bertz CT molecular complexity index is 1870. The first-order valence-electron chi connectivity index (χ1n) is 13.2. The van der Waals surface area contributed by atoms with Crippen LogP contribution in [0.25, 0.3) is 22.3 Å². The minimum absolute atomic E-state index is 0.0767. The summed E-state index contributed by atoms with van der Waals surface area (Å²) < 4.78 is 59.6. The van der Waals surface area contributed by atoms with Gasteiger partial charge in [-0.15, -0.1) is 0 Å². The number of aromatic amines is 1. The van der Waals surface area contributed by atoms with Crippen molar-refractivity contribution in [3.8, 4) is 0 Å². The molecule has 4 aromatic rings. The lowest BCUT2D eigenvalue weighted by atomic mass is 10.1. The van der Waals surface area contributed by atoms with E-state index in [0.29, 0.717) is 0 Å². The molecule has 0 aliphatic carbocycles. The van der Waals surface area contributed by atoms with Gasteiger partial charge in [0.25, 0.3) is 5.56 Å².